The molecule has 9 heteroatoms. The fourth-order valence-electron chi connectivity index (χ4n) is 1.97. The summed E-state index contributed by atoms with van der Waals surface area (Å²) in [6, 6.07) is 3.84. The molecular weight excluding hydrogens is 344 g/mol. The van der Waals surface area contributed by atoms with Crippen LogP contribution in [0.25, 0.3) is 0 Å². The van der Waals surface area contributed by atoms with Gasteiger partial charge in [-0.05, 0) is 26.0 Å². The minimum absolute atomic E-state index is 0.419. The van der Waals surface area contributed by atoms with E-state index in [9.17, 15) is 8.42 Å². The molecule has 0 radical (unpaired) electrons. The van der Waals surface area contributed by atoms with Crippen LogP contribution in [0.4, 0.5) is 0 Å². The quantitative estimate of drug-likeness (QED) is 0.594. The maximum Gasteiger partial charge on any atom is 0.209 e. The first-order valence-corrected chi connectivity index (χ1v) is 9.76. The maximum atomic E-state index is 11.3. The summed E-state index contributed by atoms with van der Waals surface area (Å²) in [6.45, 7) is 4.72. The summed E-state index contributed by atoms with van der Waals surface area (Å²) in [6.07, 6.45) is 1.15. The van der Waals surface area contributed by atoms with Crippen molar-refractivity contribution < 1.29 is 8.42 Å². The maximum absolute atomic E-state index is 11.3. The van der Waals surface area contributed by atoms with Crippen LogP contribution in [-0.2, 0) is 16.6 Å². The fourth-order valence-corrected chi connectivity index (χ4v) is 4.19. The lowest BCUT2D eigenvalue weighted by Gasteiger charge is -2.28. The topological polar surface area (TPSA) is 73.8 Å². The number of hydrogen-bond donors (Lipinski definition) is 2. The molecular formula is C13H23ClN4O2S2. The highest BCUT2D eigenvalue weighted by molar-refractivity contribution is 7.88. The Hall–Kier alpha value is -0.830. The molecule has 0 bridgehead atoms. The van der Waals surface area contributed by atoms with E-state index < -0.39 is 15.6 Å². The van der Waals surface area contributed by atoms with Crippen LogP contribution in [0.2, 0.25) is 4.34 Å². The standard InChI is InChI=1S/C13H23ClN4O2S2/c1-13(2,17-22(5,19)20)9-16-12(15-3)18(4)8-10-6-7-11(14)21-10/h6-7,17H,8-9H2,1-5H3,(H,15,16). The average Bonchev–Trinajstić information content (AvgIpc) is 2.72. The van der Waals surface area contributed by atoms with Gasteiger partial charge in [0.15, 0.2) is 5.96 Å². The summed E-state index contributed by atoms with van der Waals surface area (Å²) in [5, 5.41) is 3.18. The van der Waals surface area contributed by atoms with E-state index in [1.54, 1.807) is 7.05 Å². The number of nitrogens with one attached hydrogen (secondary N) is 2. The van der Waals surface area contributed by atoms with E-state index in [0.717, 1.165) is 15.5 Å². The predicted molar refractivity (Wildman–Crippen MR) is 94.2 cm³/mol. The van der Waals surface area contributed by atoms with E-state index in [1.807, 2.05) is 37.9 Å². The van der Waals surface area contributed by atoms with Crippen LogP contribution in [0.5, 0.6) is 0 Å². The summed E-state index contributed by atoms with van der Waals surface area (Å²) in [7, 11) is 0.349. The Morgan fingerprint density at radius 3 is 2.55 bits per heavy atom. The molecule has 22 heavy (non-hydrogen) atoms. The van der Waals surface area contributed by atoms with Crippen LogP contribution in [0.15, 0.2) is 17.1 Å². The number of rotatable bonds is 6. The second kappa shape index (κ2) is 7.63. The van der Waals surface area contributed by atoms with Crippen molar-refractivity contribution in [3.05, 3.63) is 21.3 Å². The summed E-state index contributed by atoms with van der Waals surface area (Å²) in [4.78, 5) is 7.30. The Morgan fingerprint density at radius 1 is 1.45 bits per heavy atom. The fraction of sp³-hybridized carbons (Fsp3) is 0.615. The van der Waals surface area contributed by atoms with Crippen LogP contribution in [0.3, 0.4) is 0 Å². The van der Waals surface area contributed by atoms with Crippen molar-refractivity contribution in [2.75, 3.05) is 26.9 Å². The molecule has 0 atom stereocenters. The third-order valence-corrected chi connectivity index (χ3v) is 4.88. The molecule has 0 aliphatic carbocycles. The Bertz CT molecular complexity index is 626. The number of halogens is 1. The molecule has 1 aromatic rings. The molecule has 1 aromatic heterocycles. The Kier molecular flexibility index (Phi) is 6.66. The van der Waals surface area contributed by atoms with Crippen LogP contribution < -0.4 is 10.0 Å². The second-order valence-corrected chi connectivity index (χ2v) is 9.27. The van der Waals surface area contributed by atoms with Crippen molar-refractivity contribution in [1.82, 2.24) is 14.9 Å². The highest BCUT2D eigenvalue weighted by Crippen LogP contribution is 2.22. The third kappa shape index (κ3) is 6.95. The molecule has 0 saturated carbocycles. The number of nitrogens with zero attached hydrogens (tertiary/aromatic N) is 2. The molecule has 126 valence electrons. The molecule has 0 aliphatic heterocycles. The first kappa shape index (κ1) is 19.2. The first-order chi connectivity index (χ1) is 10.0. The number of guanidine groups is 1. The van der Waals surface area contributed by atoms with Crippen molar-refractivity contribution in [2.45, 2.75) is 25.9 Å². The van der Waals surface area contributed by atoms with Crippen molar-refractivity contribution in [2.24, 2.45) is 4.99 Å². The van der Waals surface area contributed by atoms with E-state index in [2.05, 4.69) is 15.0 Å². The number of aliphatic imine (C=N–C) groups is 1. The highest BCUT2D eigenvalue weighted by Gasteiger charge is 2.23. The van der Waals surface area contributed by atoms with Crippen molar-refractivity contribution in [3.63, 3.8) is 0 Å². The van der Waals surface area contributed by atoms with Crippen molar-refractivity contribution in [3.8, 4) is 0 Å². The lowest BCUT2D eigenvalue weighted by Crippen LogP contribution is -2.53. The molecule has 0 amide bonds. The molecule has 1 rings (SSSR count). The molecule has 0 aliphatic rings. The van der Waals surface area contributed by atoms with Gasteiger partial charge in [0.05, 0.1) is 17.1 Å². The molecule has 1 heterocycles. The zero-order valence-electron chi connectivity index (χ0n) is 13.5. The van der Waals surface area contributed by atoms with Crippen LogP contribution in [0, 0.1) is 0 Å². The van der Waals surface area contributed by atoms with Crippen molar-refractivity contribution >= 4 is 38.9 Å². The molecule has 0 saturated heterocycles. The third-order valence-electron chi connectivity index (χ3n) is 2.75. The van der Waals surface area contributed by atoms with E-state index in [0.29, 0.717) is 19.0 Å². The van der Waals surface area contributed by atoms with Gasteiger partial charge in [-0.15, -0.1) is 11.3 Å². The Labute approximate surface area is 141 Å². The molecule has 0 spiro atoms. The van der Waals surface area contributed by atoms with Gasteiger partial charge in [0.1, 0.15) is 0 Å². The van der Waals surface area contributed by atoms with E-state index >= 15 is 0 Å². The zero-order valence-corrected chi connectivity index (χ0v) is 15.9. The molecule has 0 unspecified atom stereocenters. The number of sulfonamides is 1. The van der Waals surface area contributed by atoms with E-state index in [-0.39, 0.29) is 0 Å². The van der Waals surface area contributed by atoms with E-state index in [1.165, 1.54) is 11.3 Å². The van der Waals surface area contributed by atoms with Gasteiger partial charge in [0, 0.05) is 31.1 Å². The number of hydrogen-bond acceptors (Lipinski definition) is 4. The predicted octanol–water partition coefficient (Wildman–Crippen LogP) is 1.74. The van der Waals surface area contributed by atoms with Gasteiger partial charge < -0.3 is 10.2 Å². The van der Waals surface area contributed by atoms with Crippen LogP contribution >= 0.6 is 22.9 Å². The minimum Gasteiger partial charge on any atom is -0.354 e. The minimum atomic E-state index is -3.26. The van der Waals surface area contributed by atoms with Gasteiger partial charge in [-0.25, -0.2) is 13.1 Å². The van der Waals surface area contributed by atoms with E-state index in [4.69, 9.17) is 11.6 Å². The monoisotopic (exact) mass is 366 g/mol. The largest absolute Gasteiger partial charge is 0.354 e. The van der Waals surface area contributed by atoms with Crippen molar-refractivity contribution in [1.29, 1.82) is 0 Å². The summed E-state index contributed by atoms with van der Waals surface area (Å²) in [5.41, 5.74) is -0.614. The molecule has 2 N–H and O–H groups in total. The van der Waals surface area contributed by atoms with Gasteiger partial charge in [-0.3, -0.25) is 4.99 Å². The van der Waals surface area contributed by atoms with Gasteiger partial charge in [-0.1, -0.05) is 11.6 Å². The Balaban J connectivity index is 2.61. The first-order valence-electron chi connectivity index (χ1n) is 6.67. The van der Waals surface area contributed by atoms with Crippen LogP contribution in [0.1, 0.15) is 18.7 Å². The van der Waals surface area contributed by atoms with Gasteiger partial charge in [0.2, 0.25) is 10.0 Å². The van der Waals surface area contributed by atoms with Crippen LogP contribution in [-0.4, -0.2) is 51.7 Å². The summed E-state index contributed by atoms with van der Waals surface area (Å²) < 4.78 is 26.0. The Morgan fingerprint density at radius 2 is 2.09 bits per heavy atom. The van der Waals surface area contributed by atoms with Gasteiger partial charge in [0.25, 0.3) is 0 Å². The van der Waals surface area contributed by atoms with Gasteiger partial charge >= 0.3 is 0 Å². The number of thiophene rings is 1. The molecule has 0 aromatic carbocycles. The van der Waals surface area contributed by atoms with Gasteiger partial charge in [-0.2, -0.15) is 0 Å². The highest BCUT2D eigenvalue weighted by atomic mass is 35.5. The normalized spacial score (nSPS) is 13.3. The zero-order chi connectivity index (χ0) is 17.0. The smallest absolute Gasteiger partial charge is 0.209 e. The summed E-state index contributed by atoms with van der Waals surface area (Å²) >= 11 is 7.45. The second-order valence-electron chi connectivity index (χ2n) is 5.72. The molecule has 6 nitrogen and oxygen atoms in total. The SMILES string of the molecule is CN=C(NCC(C)(C)NS(C)(=O)=O)N(C)Cc1ccc(Cl)s1. The molecule has 0 fully saturated rings. The average molecular weight is 367 g/mol. The lowest BCUT2D eigenvalue weighted by atomic mass is 10.1. The lowest BCUT2D eigenvalue weighted by molar-refractivity contribution is 0.424. The summed E-state index contributed by atoms with van der Waals surface area (Å²) in [5.74, 6) is 0.688.